The third-order valence-corrected chi connectivity index (χ3v) is 4.79. The van der Waals surface area contributed by atoms with Gasteiger partial charge in [0.25, 0.3) is 0 Å². The molecule has 1 aromatic carbocycles. The molecular formula is C19H24N4O2. The number of amides is 1. The minimum atomic E-state index is -0.458. The van der Waals surface area contributed by atoms with Crippen molar-refractivity contribution in [2.24, 2.45) is 5.92 Å². The van der Waals surface area contributed by atoms with Crippen LogP contribution in [0.5, 0.6) is 0 Å². The highest BCUT2D eigenvalue weighted by Gasteiger charge is 2.28. The van der Waals surface area contributed by atoms with Crippen LogP contribution in [0.25, 0.3) is 0 Å². The summed E-state index contributed by atoms with van der Waals surface area (Å²) in [7, 11) is 1.84. The van der Waals surface area contributed by atoms with E-state index in [1.165, 1.54) is 0 Å². The van der Waals surface area contributed by atoms with Gasteiger partial charge in [-0.3, -0.25) is 9.78 Å². The average Bonchev–Trinajstić information content (AvgIpc) is 2.69. The Morgan fingerprint density at radius 3 is 2.64 bits per heavy atom. The van der Waals surface area contributed by atoms with Crippen molar-refractivity contribution in [3.05, 3.63) is 54.5 Å². The van der Waals surface area contributed by atoms with Crippen LogP contribution in [0.1, 0.15) is 24.5 Å². The fourth-order valence-electron chi connectivity index (χ4n) is 3.26. The quantitative estimate of drug-likeness (QED) is 0.900. The van der Waals surface area contributed by atoms with Crippen LogP contribution in [0.15, 0.2) is 48.9 Å². The number of hydrogen-bond acceptors (Lipinski definition) is 5. The van der Waals surface area contributed by atoms with E-state index in [0.29, 0.717) is 18.9 Å². The number of carbonyl (C=O) groups is 1. The lowest BCUT2D eigenvalue weighted by Gasteiger charge is -2.35. The summed E-state index contributed by atoms with van der Waals surface area (Å²) in [5.41, 5.74) is 0.953. The number of carbonyl (C=O) groups excluding carboxylic acids is 1. The Labute approximate surface area is 148 Å². The van der Waals surface area contributed by atoms with Gasteiger partial charge in [0.05, 0.1) is 18.8 Å². The zero-order valence-corrected chi connectivity index (χ0v) is 14.5. The van der Waals surface area contributed by atoms with Gasteiger partial charge < -0.3 is 14.9 Å². The van der Waals surface area contributed by atoms with Crippen molar-refractivity contribution in [3.8, 4) is 0 Å². The molecule has 3 rings (SSSR count). The van der Waals surface area contributed by atoms with E-state index in [9.17, 15) is 9.90 Å². The fraction of sp³-hybridized carbons (Fsp3) is 0.421. The highest BCUT2D eigenvalue weighted by molar-refractivity contribution is 5.81. The first kappa shape index (κ1) is 17.4. The van der Waals surface area contributed by atoms with Crippen LogP contribution < -0.4 is 4.90 Å². The van der Waals surface area contributed by atoms with E-state index in [0.717, 1.165) is 18.4 Å². The molecule has 1 aliphatic rings. The third kappa shape index (κ3) is 4.33. The fourth-order valence-corrected chi connectivity index (χ4v) is 3.26. The number of likely N-dealkylation sites (tertiary alicyclic amines) is 1. The van der Waals surface area contributed by atoms with Crippen LogP contribution in [-0.2, 0) is 4.79 Å². The topological polar surface area (TPSA) is 69.6 Å². The molecule has 0 spiro atoms. The molecule has 1 saturated heterocycles. The summed E-state index contributed by atoms with van der Waals surface area (Å²) >= 11 is 0. The Morgan fingerprint density at radius 2 is 2.00 bits per heavy atom. The third-order valence-electron chi connectivity index (χ3n) is 4.79. The summed E-state index contributed by atoms with van der Waals surface area (Å²) in [6.45, 7) is 1.65. The predicted molar refractivity (Wildman–Crippen MR) is 96.0 cm³/mol. The molecule has 1 aliphatic heterocycles. The van der Waals surface area contributed by atoms with E-state index in [2.05, 4.69) is 9.97 Å². The lowest BCUT2D eigenvalue weighted by Crippen LogP contribution is -2.44. The molecular weight excluding hydrogens is 316 g/mol. The molecule has 6 nitrogen and oxygen atoms in total. The summed E-state index contributed by atoms with van der Waals surface area (Å²) in [6, 6.07) is 9.75. The van der Waals surface area contributed by atoms with Crippen molar-refractivity contribution in [1.29, 1.82) is 0 Å². The standard InChI is InChI=1S/C19H24N4O2/c1-22(17-13-20-9-10-21-17)14-18(24)23-11-7-16(8-12-23)19(25)15-5-3-2-4-6-15/h2-6,9-10,13,16,19,25H,7-8,11-12,14H2,1H3. The summed E-state index contributed by atoms with van der Waals surface area (Å²) in [5.74, 6) is 0.968. The van der Waals surface area contributed by atoms with E-state index >= 15 is 0 Å². The lowest BCUT2D eigenvalue weighted by molar-refractivity contribution is -0.131. The number of anilines is 1. The van der Waals surface area contributed by atoms with Crippen molar-refractivity contribution in [1.82, 2.24) is 14.9 Å². The zero-order chi connectivity index (χ0) is 17.6. The summed E-state index contributed by atoms with van der Waals surface area (Å²) < 4.78 is 0. The van der Waals surface area contributed by atoms with Crippen LogP contribution in [0.2, 0.25) is 0 Å². The van der Waals surface area contributed by atoms with Crippen molar-refractivity contribution >= 4 is 11.7 Å². The molecule has 2 aromatic rings. The van der Waals surface area contributed by atoms with Crippen LogP contribution in [-0.4, -0.2) is 52.6 Å². The minimum Gasteiger partial charge on any atom is -0.388 e. The van der Waals surface area contributed by atoms with Crippen molar-refractivity contribution < 1.29 is 9.90 Å². The highest BCUT2D eigenvalue weighted by Crippen LogP contribution is 2.30. The van der Waals surface area contributed by atoms with Gasteiger partial charge in [-0.2, -0.15) is 0 Å². The van der Waals surface area contributed by atoms with E-state index < -0.39 is 6.10 Å². The van der Waals surface area contributed by atoms with E-state index in [-0.39, 0.29) is 18.4 Å². The number of rotatable bonds is 5. The molecule has 1 fully saturated rings. The van der Waals surface area contributed by atoms with Gasteiger partial charge >= 0.3 is 0 Å². The van der Waals surface area contributed by atoms with Gasteiger partial charge in [-0.15, -0.1) is 0 Å². The molecule has 6 heteroatoms. The van der Waals surface area contributed by atoms with Gasteiger partial charge in [0.2, 0.25) is 5.91 Å². The normalized spacial score (nSPS) is 16.5. The second kappa shape index (κ2) is 8.07. The molecule has 0 radical (unpaired) electrons. The second-order valence-corrected chi connectivity index (χ2v) is 6.49. The first-order valence-corrected chi connectivity index (χ1v) is 8.63. The van der Waals surface area contributed by atoms with Crippen molar-refractivity contribution in [2.45, 2.75) is 18.9 Å². The number of aromatic nitrogens is 2. The summed E-state index contributed by atoms with van der Waals surface area (Å²) in [5, 5.41) is 10.5. The molecule has 0 aliphatic carbocycles. The van der Waals surface area contributed by atoms with Crippen LogP contribution in [0.3, 0.4) is 0 Å². The van der Waals surface area contributed by atoms with Crippen LogP contribution in [0.4, 0.5) is 5.82 Å². The van der Waals surface area contributed by atoms with Gasteiger partial charge in [-0.25, -0.2) is 4.98 Å². The largest absolute Gasteiger partial charge is 0.388 e. The number of aliphatic hydroxyl groups excluding tert-OH is 1. The Bertz CT molecular complexity index is 672. The number of aliphatic hydroxyl groups is 1. The molecule has 1 aromatic heterocycles. The number of likely N-dealkylation sites (N-methyl/N-ethyl adjacent to an activating group) is 1. The molecule has 1 amide bonds. The number of piperidine rings is 1. The number of benzene rings is 1. The maximum Gasteiger partial charge on any atom is 0.242 e. The first-order chi connectivity index (χ1) is 12.1. The van der Waals surface area contributed by atoms with E-state index in [1.54, 1.807) is 23.5 Å². The smallest absolute Gasteiger partial charge is 0.242 e. The maximum absolute atomic E-state index is 12.5. The van der Waals surface area contributed by atoms with Crippen molar-refractivity contribution in [3.63, 3.8) is 0 Å². The molecule has 1 N–H and O–H groups in total. The molecule has 1 unspecified atom stereocenters. The Hall–Kier alpha value is -2.47. The predicted octanol–water partition coefficient (Wildman–Crippen LogP) is 1.88. The molecule has 1 atom stereocenters. The maximum atomic E-state index is 12.5. The molecule has 0 bridgehead atoms. The van der Waals surface area contributed by atoms with Gasteiger partial charge in [-0.05, 0) is 24.3 Å². The van der Waals surface area contributed by atoms with Gasteiger partial charge in [0.1, 0.15) is 5.82 Å². The van der Waals surface area contributed by atoms with Crippen LogP contribution >= 0.6 is 0 Å². The van der Waals surface area contributed by atoms with E-state index in [1.807, 2.05) is 42.3 Å². The number of nitrogens with zero attached hydrogens (tertiary/aromatic N) is 4. The Kier molecular flexibility index (Phi) is 5.60. The first-order valence-electron chi connectivity index (χ1n) is 8.63. The zero-order valence-electron chi connectivity index (χ0n) is 14.5. The molecule has 132 valence electrons. The van der Waals surface area contributed by atoms with Gasteiger partial charge in [0.15, 0.2) is 0 Å². The van der Waals surface area contributed by atoms with Crippen LogP contribution in [0, 0.1) is 5.92 Å². The summed E-state index contributed by atoms with van der Waals surface area (Å²) in [6.07, 6.45) is 6.05. The summed E-state index contributed by atoms with van der Waals surface area (Å²) in [4.78, 5) is 24.4. The monoisotopic (exact) mass is 340 g/mol. The molecule has 25 heavy (non-hydrogen) atoms. The Balaban J connectivity index is 1.51. The van der Waals surface area contributed by atoms with Gasteiger partial charge in [-0.1, -0.05) is 30.3 Å². The lowest BCUT2D eigenvalue weighted by atomic mass is 9.87. The SMILES string of the molecule is CN(CC(=O)N1CCC(C(O)c2ccccc2)CC1)c1cnccn1. The molecule has 0 saturated carbocycles. The average molecular weight is 340 g/mol. The van der Waals surface area contributed by atoms with E-state index in [4.69, 9.17) is 0 Å². The number of hydrogen-bond donors (Lipinski definition) is 1. The van der Waals surface area contributed by atoms with Gasteiger partial charge in [0, 0.05) is 32.5 Å². The highest BCUT2D eigenvalue weighted by atomic mass is 16.3. The van der Waals surface area contributed by atoms with Crippen molar-refractivity contribution in [2.75, 3.05) is 31.6 Å². The second-order valence-electron chi connectivity index (χ2n) is 6.49. The Morgan fingerprint density at radius 1 is 1.28 bits per heavy atom. The molecule has 2 heterocycles. The minimum absolute atomic E-state index is 0.0841.